The van der Waals surface area contributed by atoms with E-state index < -0.39 is 0 Å². The molecule has 0 amide bonds. The third-order valence-electron chi connectivity index (χ3n) is 8.68. The van der Waals surface area contributed by atoms with Crippen LogP contribution in [0, 0.1) is 5.41 Å². The summed E-state index contributed by atoms with van der Waals surface area (Å²) in [6.07, 6.45) is 9.98. The maximum Gasteiger partial charge on any atom is 0.210 e. The lowest BCUT2D eigenvalue weighted by atomic mass is 9.59. The second-order valence-corrected chi connectivity index (χ2v) is 9.35. The first-order valence-corrected chi connectivity index (χ1v) is 10.9. The van der Waals surface area contributed by atoms with Gasteiger partial charge >= 0.3 is 0 Å². The van der Waals surface area contributed by atoms with Gasteiger partial charge in [0.25, 0.3) is 0 Å². The van der Waals surface area contributed by atoms with Crippen LogP contribution in [0.4, 0.5) is 0 Å². The van der Waals surface area contributed by atoms with E-state index in [0.717, 1.165) is 6.42 Å². The fourth-order valence-corrected chi connectivity index (χ4v) is 6.80. The van der Waals surface area contributed by atoms with E-state index in [0.29, 0.717) is 0 Å². The number of aromatic nitrogens is 1. The third-order valence-corrected chi connectivity index (χ3v) is 8.68. The van der Waals surface area contributed by atoms with E-state index in [-0.39, 0.29) is 16.4 Å². The van der Waals surface area contributed by atoms with Gasteiger partial charge in [0.1, 0.15) is 0 Å². The molecular weight excluding hydrogens is 326 g/mol. The summed E-state index contributed by atoms with van der Waals surface area (Å²) >= 11 is 0. The number of fused-ring (bicyclic) bond motifs is 6. The maximum atomic E-state index is 2.64. The second kappa shape index (κ2) is 5.56. The molecule has 1 saturated carbocycles. The van der Waals surface area contributed by atoms with Crippen molar-refractivity contribution >= 4 is 11.1 Å². The van der Waals surface area contributed by atoms with Gasteiger partial charge in [-0.25, -0.2) is 0 Å². The summed E-state index contributed by atoms with van der Waals surface area (Å²) in [4.78, 5) is 0. The van der Waals surface area contributed by atoms with Crippen LogP contribution in [0.1, 0.15) is 83.0 Å². The van der Waals surface area contributed by atoms with Gasteiger partial charge in [0.2, 0.25) is 5.69 Å². The molecule has 1 aromatic carbocycles. The number of pyridine rings is 1. The topological polar surface area (TPSA) is 3.88 Å². The van der Waals surface area contributed by atoms with Crippen LogP contribution in [-0.4, -0.2) is 0 Å². The van der Waals surface area contributed by atoms with Crippen molar-refractivity contribution in [3.63, 3.8) is 0 Å². The van der Waals surface area contributed by atoms with Crippen LogP contribution in [0.2, 0.25) is 0 Å². The molecule has 1 nitrogen and oxygen atoms in total. The van der Waals surface area contributed by atoms with Crippen molar-refractivity contribution in [3.8, 4) is 0 Å². The normalized spacial score (nSPS) is 30.4. The van der Waals surface area contributed by atoms with Gasteiger partial charge in [-0.1, -0.05) is 51.0 Å². The van der Waals surface area contributed by atoms with Gasteiger partial charge in [0.05, 0.1) is 5.41 Å². The summed E-state index contributed by atoms with van der Waals surface area (Å²) < 4.78 is 2.64. The zero-order valence-corrected chi connectivity index (χ0v) is 17.3. The summed E-state index contributed by atoms with van der Waals surface area (Å²) in [5.41, 5.74) is 8.43. The van der Waals surface area contributed by atoms with Gasteiger partial charge < -0.3 is 0 Å². The minimum Gasteiger partial charge on any atom is -0.193 e. The molecule has 0 N–H and O–H groups in total. The van der Waals surface area contributed by atoms with Crippen LogP contribution in [-0.2, 0) is 11.0 Å². The van der Waals surface area contributed by atoms with E-state index in [1.807, 2.05) is 0 Å². The predicted molar refractivity (Wildman–Crippen MR) is 112 cm³/mol. The standard InChI is InChI=1S/C26H32N/c1-5-24(3)22-19-13-7-8-14-20(19)26(16-10-11-17-26)23(22)21-15-9-12-18-27(21)25(24,4)6-2/h7-9,12-15,18H,5-6,10-11,16-17H2,1-4H3/q+1. The SMILES string of the molecule is CCC1(C)C2=C(c3cccc[n+]3C1(C)CC)C1(CCCC1)c1ccccc12. The first kappa shape index (κ1) is 17.2. The van der Waals surface area contributed by atoms with Crippen LogP contribution in [0.3, 0.4) is 0 Å². The van der Waals surface area contributed by atoms with Gasteiger partial charge in [-0.15, -0.1) is 0 Å². The summed E-state index contributed by atoms with van der Waals surface area (Å²) in [6.45, 7) is 9.80. The van der Waals surface area contributed by atoms with E-state index in [1.54, 1.807) is 22.3 Å². The Morgan fingerprint density at radius 3 is 2.26 bits per heavy atom. The van der Waals surface area contributed by atoms with Crippen molar-refractivity contribution < 1.29 is 4.57 Å². The van der Waals surface area contributed by atoms with Gasteiger partial charge in [-0.05, 0) is 49.0 Å². The highest BCUT2D eigenvalue weighted by atomic mass is 15.1. The molecule has 2 unspecified atom stereocenters. The molecule has 1 aliphatic heterocycles. The van der Waals surface area contributed by atoms with E-state index in [2.05, 4.69) is 80.9 Å². The zero-order chi connectivity index (χ0) is 18.9. The molecule has 1 heteroatoms. The van der Waals surface area contributed by atoms with Crippen LogP contribution in [0.25, 0.3) is 11.1 Å². The lowest BCUT2D eigenvalue weighted by molar-refractivity contribution is -0.778. The molecule has 0 bridgehead atoms. The summed E-state index contributed by atoms with van der Waals surface area (Å²) in [7, 11) is 0. The smallest absolute Gasteiger partial charge is 0.193 e. The van der Waals surface area contributed by atoms with Crippen LogP contribution < -0.4 is 4.57 Å². The summed E-state index contributed by atoms with van der Waals surface area (Å²) in [6, 6.07) is 16.2. The van der Waals surface area contributed by atoms with Crippen molar-refractivity contribution in [2.45, 2.75) is 77.2 Å². The molecule has 2 aromatic rings. The first-order chi connectivity index (χ1) is 13.0. The van der Waals surface area contributed by atoms with Crippen molar-refractivity contribution in [2.75, 3.05) is 0 Å². The average Bonchev–Trinajstić information content (AvgIpc) is 3.31. The molecule has 0 saturated heterocycles. The molecule has 140 valence electrons. The minimum absolute atomic E-state index is 0.0917. The number of hydrogen-bond acceptors (Lipinski definition) is 0. The van der Waals surface area contributed by atoms with E-state index in [1.165, 1.54) is 37.8 Å². The molecule has 3 aliphatic rings. The molecule has 0 radical (unpaired) electrons. The Hall–Kier alpha value is -1.89. The highest BCUT2D eigenvalue weighted by Crippen LogP contribution is 2.66. The Bertz CT molecular complexity index is 946. The van der Waals surface area contributed by atoms with Crippen LogP contribution in [0.5, 0.6) is 0 Å². The van der Waals surface area contributed by atoms with Gasteiger partial charge in [0, 0.05) is 36.5 Å². The fraction of sp³-hybridized carbons (Fsp3) is 0.500. The molecule has 1 fully saturated rings. The third kappa shape index (κ3) is 1.84. The summed E-state index contributed by atoms with van der Waals surface area (Å²) in [5, 5.41) is 0. The number of allylic oxidation sites excluding steroid dienone is 2. The molecule has 2 atom stereocenters. The monoisotopic (exact) mass is 358 g/mol. The average molecular weight is 359 g/mol. The van der Waals surface area contributed by atoms with E-state index in [4.69, 9.17) is 0 Å². The number of benzene rings is 1. The first-order valence-electron chi connectivity index (χ1n) is 10.9. The molecule has 5 rings (SSSR count). The summed E-state index contributed by atoms with van der Waals surface area (Å²) in [5.74, 6) is 0. The highest BCUT2D eigenvalue weighted by Gasteiger charge is 2.63. The number of nitrogens with zero attached hydrogens (tertiary/aromatic N) is 1. The Balaban J connectivity index is 1.95. The van der Waals surface area contributed by atoms with E-state index in [9.17, 15) is 0 Å². The number of rotatable bonds is 2. The Morgan fingerprint density at radius 1 is 0.852 bits per heavy atom. The van der Waals surface area contributed by atoms with Gasteiger partial charge in [-0.2, -0.15) is 4.57 Å². The van der Waals surface area contributed by atoms with Crippen molar-refractivity contribution in [2.24, 2.45) is 5.41 Å². The van der Waals surface area contributed by atoms with Gasteiger partial charge in [0.15, 0.2) is 11.7 Å². The molecule has 2 aliphatic carbocycles. The molecule has 1 aromatic heterocycles. The maximum absolute atomic E-state index is 2.64. The van der Waals surface area contributed by atoms with Crippen LogP contribution in [0.15, 0.2) is 48.7 Å². The molecular formula is C26H32N+. The van der Waals surface area contributed by atoms with Gasteiger partial charge in [-0.3, -0.25) is 0 Å². The lowest BCUT2D eigenvalue weighted by Gasteiger charge is -2.47. The van der Waals surface area contributed by atoms with Crippen molar-refractivity contribution in [1.82, 2.24) is 0 Å². The van der Waals surface area contributed by atoms with Crippen LogP contribution >= 0.6 is 0 Å². The molecule has 27 heavy (non-hydrogen) atoms. The second-order valence-electron chi connectivity index (χ2n) is 9.35. The Kier molecular flexibility index (Phi) is 3.55. The Morgan fingerprint density at radius 2 is 1.56 bits per heavy atom. The number of hydrogen-bond donors (Lipinski definition) is 0. The van der Waals surface area contributed by atoms with Crippen molar-refractivity contribution in [1.29, 1.82) is 0 Å². The van der Waals surface area contributed by atoms with Crippen molar-refractivity contribution in [3.05, 3.63) is 65.5 Å². The fourth-order valence-electron chi connectivity index (χ4n) is 6.80. The zero-order valence-electron chi connectivity index (χ0n) is 17.3. The highest BCUT2D eigenvalue weighted by molar-refractivity contribution is 6.03. The van der Waals surface area contributed by atoms with E-state index >= 15 is 0 Å². The lowest BCUT2D eigenvalue weighted by Crippen LogP contribution is -2.66. The Labute approximate surface area is 164 Å². The quantitative estimate of drug-likeness (QED) is 0.557. The molecule has 1 spiro atoms. The predicted octanol–water partition coefficient (Wildman–Crippen LogP) is 6.27. The largest absolute Gasteiger partial charge is 0.210 e. The molecule has 2 heterocycles. The minimum atomic E-state index is 0.0917.